The molecule has 4 aliphatic rings. The Morgan fingerprint density at radius 3 is 0.933 bits per heavy atom. The van der Waals surface area contributed by atoms with Crippen molar-refractivity contribution in [3.05, 3.63) is 282 Å². The number of aliphatic hydroxyl groups is 2. The van der Waals surface area contributed by atoms with Crippen molar-refractivity contribution in [3.63, 3.8) is 0 Å². The van der Waals surface area contributed by atoms with Crippen LogP contribution in [0.3, 0.4) is 0 Å². The number of hydrogen-bond acceptors (Lipinski definition) is 17. The maximum Gasteiger partial charge on any atom is 0.303 e. The van der Waals surface area contributed by atoms with Crippen molar-refractivity contribution in [2.24, 2.45) is 0 Å². The molecule has 4 aromatic heterocycles. The number of aromatic nitrogens is 4. The van der Waals surface area contributed by atoms with E-state index in [4.69, 9.17) is 46.7 Å². The SMILES string of the molecule is CCc1ccc(-c2nc(CCOc3ccc4c(c3)CC[C@@H]4CC(C)=O)c(C)o2)cc1.CCc1ccc(-c2nc(CCOc3ccc4c(c3)CC[C@H]4CC(C)=O)c(C)o2)cc1.CCc1oc(-c2ccc(CO)cc2)nc1CCOc1ccc2c(c1)CC[C@@H]2CC(=O)O.CCc1oc(-c2ccc(CO)cc2)nc1CCOc1ccc2c(c1)CC[C@H]2CC. The molecular formula is C102H114N4O14. The Kier molecular flexibility index (Phi) is 29.9. The number of carboxylic acid groups (broad SMARTS) is 1. The lowest BCUT2D eigenvalue weighted by Crippen LogP contribution is -2.05. The summed E-state index contributed by atoms with van der Waals surface area (Å²) >= 11 is 0. The molecule has 8 aromatic carbocycles. The number of benzene rings is 8. The topological polar surface area (TPSA) is 253 Å². The van der Waals surface area contributed by atoms with Crippen LogP contribution in [0.5, 0.6) is 23.0 Å². The Morgan fingerprint density at radius 2 is 0.642 bits per heavy atom. The summed E-state index contributed by atoms with van der Waals surface area (Å²) in [6.45, 7) is 20.2. The van der Waals surface area contributed by atoms with Gasteiger partial charge in [0.25, 0.3) is 0 Å². The van der Waals surface area contributed by atoms with Crippen LogP contribution in [-0.2, 0) is 105 Å². The number of nitrogens with zero attached hydrogens (tertiary/aromatic N) is 4. The van der Waals surface area contributed by atoms with E-state index in [1.807, 2.05) is 99.6 Å². The van der Waals surface area contributed by atoms with E-state index in [1.54, 1.807) is 13.8 Å². The molecule has 0 aliphatic heterocycles. The van der Waals surface area contributed by atoms with E-state index in [2.05, 4.69) is 134 Å². The number of aliphatic hydroxyl groups excluding tert-OH is 2. The van der Waals surface area contributed by atoms with Gasteiger partial charge < -0.3 is 61.5 Å². The Morgan fingerprint density at radius 1 is 0.358 bits per heavy atom. The molecule has 4 aliphatic carbocycles. The van der Waals surface area contributed by atoms with Crippen LogP contribution in [0.25, 0.3) is 45.8 Å². The largest absolute Gasteiger partial charge is 0.493 e. The summed E-state index contributed by atoms with van der Waals surface area (Å²) in [5, 5.41) is 27.5. The zero-order valence-corrected chi connectivity index (χ0v) is 71.0. The lowest BCUT2D eigenvalue weighted by atomic mass is 9.96. The molecule has 0 saturated heterocycles. The zero-order chi connectivity index (χ0) is 84.2. The maximum absolute atomic E-state index is 11.5. The highest BCUT2D eigenvalue weighted by atomic mass is 16.5. The molecule has 0 saturated carbocycles. The summed E-state index contributed by atoms with van der Waals surface area (Å²) < 4.78 is 47.7. The van der Waals surface area contributed by atoms with E-state index in [0.29, 0.717) is 99.8 Å². The van der Waals surface area contributed by atoms with Gasteiger partial charge in [-0.25, -0.2) is 19.9 Å². The molecule has 0 fully saturated rings. The van der Waals surface area contributed by atoms with Crippen LogP contribution in [-0.4, -0.2) is 79.2 Å². The van der Waals surface area contributed by atoms with Gasteiger partial charge in [-0.1, -0.05) is 107 Å². The molecule has 626 valence electrons. The first kappa shape index (κ1) is 86.4. The van der Waals surface area contributed by atoms with Crippen molar-refractivity contribution in [2.45, 2.75) is 228 Å². The minimum atomic E-state index is -0.749. The van der Waals surface area contributed by atoms with E-state index < -0.39 is 5.97 Å². The molecule has 120 heavy (non-hydrogen) atoms. The summed E-state index contributed by atoms with van der Waals surface area (Å²) in [6.07, 6.45) is 17.4. The quantitative estimate of drug-likeness (QED) is 0.0346. The highest BCUT2D eigenvalue weighted by Gasteiger charge is 2.29. The average molecular weight is 1620 g/mol. The van der Waals surface area contributed by atoms with E-state index in [-0.39, 0.29) is 37.1 Å². The molecule has 0 amide bonds. The molecule has 3 N–H and O–H groups in total. The molecule has 4 atom stereocenters. The third-order valence-corrected chi connectivity index (χ3v) is 23.6. The van der Waals surface area contributed by atoms with Crippen molar-refractivity contribution < 1.29 is 66.3 Å². The van der Waals surface area contributed by atoms with Gasteiger partial charge in [-0.05, 0) is 286 Å². The van der Waals surface area contributed by atoms with Crippen molar-refractivity contribution >= 4 is 17.5 Å². The number of aliphatic carboxylic acids is 1. The number of oxazole rings is 4. The van der Waals surface area contributed by atoms with Crippen LogP contribution in [0.1, 0.15) is 236 Å². The number of ether oxygens (including phenoxy) is 4. The molecule has 0 spiro atoms. The van der Waals surface area contributed by atoms with Crippen LogP contribution in [0.15, 0.2) is 188 Å². The van der Waals surface area contributed by atoms with Gasteiger partial charge in [0, 0.05) is 73.6 Å². The van der Waals surface area contributed by atoms with Crippen LogP contribution < -0.4 is 18.9 Å². The van der Waals surface area contributed by atoms with Gasteiger partial charge in [0.1, 0.15) is 57.6 Å². The standard InChI is InChI=1S/2C26H29NO3.C25H27NO5.C25H29NO3/c2*1-4-19-5-7-20(8-6-19)26-27-25(18(3)30-26)13-14-29-23-11-12-24-21(15-17(2)28)9-10-22(24)16-23;1-2-23-22(26-25(31-23)17-5-3-16(15-27)4-6-17)11-12-30-20-9-10-21-18(13-20)7-8-19(21)14-24(28)29;1-3-18-9-10-20-15-21(11-12-22(18)20)28-14-13-23-24(4-2)29-25(26-23)19-7-5-17(16-27)6-8-19/h2*5-8,11-12,16,21H,4,9-10,13-15H2,1-3H3;3-6,9-10,13,19,27H,2,7-8,11-12,14-15H2,1H3,(H,28,29);5-8,11-12,15,18,27H,3-4,9-10,13-14,16H2,1-2H3/t2*21-;19-;18-/m1011/s1. The lowest BCUT2D eigenvalue weighted by molar-refractivity contribution is -0.137. The van der Waals surface area contributed by atoms with Gasteiger partial charge in [-0.3, -0.25) is 4.79 Å². The highest BCUT2D eigenvalue weighted by Crippen LogP contribution is 2.42. The lowest BCUT2D eigenvalue weighted by Gasteiger charge is -2.11. The molecule has 16 rings (SSSR count). The van der Waals surface area contributed by atoms with Gasteiger partial charge in [0.15, 0.2) is 0 Å². The first-order valence-corrected chi connectivity index (χ1v) is 43.1. The zero-order valence-electron chi connectivity index (χ0n) is 71.0. The Labute approximate surface area is 705 Å². The van der Waals surface area contributed by atoms with Gasteiger partial charge in [0.2, 0.25) is 23.6 Å². The molecular weight excluding hydrogens is 1510 g/mol. The second-order valence-electron chi connectivity index (χ2n) is 31.9. The van der Waals surface area contributed by atoms with Crippen molar-refractivity contribution in [1.82, 2.24) is 19.9 Å². The number of carbonyl (C=O) groups excluding carboxylic acids is 2. The van der Waals surface area contributed by atoms with E-state index in [1.165, 1.54) is 62.9 Å². The molecule has 18 nitrogen and oxygen atoms in total. The number of rotatable bonds is 33. The molecule has 18 heteroatoms. The maximum atomic E-state index is 11.5. The molecule has 0 bridgehead atoms. The van der Waals surface area contributed by atoms with Gasteiger partial charge >= 0.3 is 5.97 Å². The monoisotopic (exact) mass is 1620 g/mol. The van der Waals surface area contributed by atoms with Gasteiger partial charge in [-0.15, -0.1) is 0 Å². The predicted molar refractivity (Wildman–Crippen MR) is 467 cm³/mol. The number of carbonyl (C=O) groups is 3. The predicted octanol–water partition coefficient (Wildman–Crippen LogP) is 21.7. The van der Waals surface area contributed by atoms with Crippen molar-refractivity contribution in [2.75, 3.05) is 26.4 Å². The number of hydrogen-bond donors (Lipinski definition) is 3. The Hall–Kier alpha value is -11.5. The van der Waals surface area contributed by atoms with Crippen LogP contribution in [0, 0.1) is 13.8 Å². The fourth-order valence-corrected chi connectivity index (χ4v) is 16.9. The molecule has 0 unspecified atom stereocenters. The molecule has 12 aromatic rings. The fraction of sp³-hybridized carbons (Fsp3) is 0.382. The number of aryl methyl sites for hydroxylation is 10. The Bertz CT molecular complexity index is 5250. The first-order valence-electron chi connectivity index (χ1n) is 43.1. The van der Waals surface area contributed by atoms with Crippen LogP contribution in [0.2, 0.25) is 0 Å². The molecule has 0 radical (unpaired) electrons. The Balaban J connectivity index is 0.000000138. The van der Waals surface area contributed by atoms with Crippen LogP contribution in [0.4, 0.5) is 0 Å². The summed E-state index contributed by atoms with van der Waals surface area (Å²) in [6, 6.07) is 57.0. The van der Waals surface area contributed by atoms with E-state index in [0.717, 1.165) is 185 Å². The summed E-state index contributed by atoms with van der Waals surface area (Å²) in [4.78, 5) is 52.7. The number of Topliss-reactive ketones (excluding diaryl/α,β-unsaturated/α-hetero) is 2. The van der Waals surface area contributed by atoms with Crippen molar-refractivity contribution in [1.29, 1.82) is 0 Å². The smallest absolute Gasteiger partial charge is 0.303 e. The molecule has 4 heterocycles. The van der Waals surface area contributed by atoms with Crippen molar-refractivity contribution in [3.8, 4) is 68.8 Å². The third-order valence-electron chi connectivity index (χ3n) is 23.6. The van der Waals surface area contributed by atoms with Gasteiger partial charge in [0.05, 0.1) is 68.8 Å². The summed E-state index contributed by atoms with van der Waals surface area (Å²) in [5.41, 5.74) is 22.4. The fourth-order valence-electron chi connectivity index (χ4n) is 16.9. The number of carboxylic acids is 1. The second-order valence-corrected chi connectivity index (χ2v) is 31.9. The van der Waals surface area contributed by atoms with Gasteiger partial charge in [-0.2, -0.15) is 0 Å². The normalized spacial score (nSPS) is 15.3. The minimum absolute atomic E-state index is 0.0115. The average Bonchev–Trinajstić information content (AvgIpc) is 1.67. The third kappa shape index (κ3) is 22.3. The number of ketones is 2. The first-order chi connectivity index (χ1) is 58.3. The minimum Gasteiger partial charge on any atom is -0.493 e. The summed E-state index contributed by atoms with van der Waals surface area (Å²) in [7, 11) is 0. The summed E-state index contributed by atoms with van der Waals surface area (Å²) in [5.74, 6) is 10.8. The highest BCUT2D eigenvalue weighted by molar-refractivity contribution is 5.77. The second kappa shape index (κ2) is 41.5. The van der Waals surface area contributed by atoms with Crippen LogP contribution >= 0.6 is 0 Å². The van der Waals surface area contributed by atoms with E-state index >= 15 is 0 Å². The number of fused-ring (bicyclic) bond motifs is 4. The van der Waals surface area contributed by atoms with E-state index in [9.17, 15) is 24.6 Å².